The highest BCUT2D eigenvalue weighted by molar-refractivity contribution is 5.95. The molecule has 33 heavy (non-hydrogen) atoms. The van der Waals surface area contributed by atoms with Crippen molar-refractivity contribution in [2.24, 2.45) is 0 Å². The van der Waals surface area contributed by atoms with Gasteiger partial charge in [-0.2, -0.15) is 0 Å². The van der Waals surface area contributed by atoms with Crippen LogP contribution in [0.25, 0.3) is 0 Å². The van der Waals surface area contributed by atoms with Gasteiger partial charge in [0.25, 0.3) is 0 Å². The van der Waals surface area contributed by atoms with Crippen LogP contribution in [0.3, 0.4) is 0 Å². The van der Waals surface area contributed by atoms with E-state index in [9.17, 15) is 9.59 Å². The molecule has 4 heterocycles. The second-order valence-electron chi connectivity index (χ2n) is 9.33. The number of amides is 2. The van der Waals surface area contributed by atoms with E-state index >= 15 is 0 Å². The summed E-state index contributed by atoms with van der Waals surface area (Å²) in [4.78, 5) is 39.7. The van der Waals surface area contributed by atoms with E-state index in [0.717, 1.165) is 75.0 Å². The Labute approximate surface area is 195 Å². The highest BCUT2D eigenvalue weighted by Gasteiger charge is 2.30. The Morgan fingerprint density at radius 2 is 1.94 bits per heavy atom. The molecule has 1 aromatic heterocycles. The van der Waals surface area contributed by atoms with Crippen molar-refractivity contribution in [2.75, 3.05) is 43.4 Å². The van der Waals surface area contributed by atoms with Gasteiger partial charge in [0.1, 0.15) is 11.6 Å². The van der Waals surface area contributed by atoms with Gasteiger partial charge in [-0.3, -0.25) is 14.5 Å². The van der Waals surface area contributed by atoms with E-state index in [1.54, 1.807) is 6.92 Å². The van der Waals surface area contributed by atoms with Gasteiger partial charge in [-0.1, -0.05) is 12.1 Å². The zero-order valence-corrected chi connectivity index (χ0v) is 19.5. The summed E-state index contributed by atoms with van der Waals surface area (Å²) >= 11 is 0. The lowest BCUT2D eigenvalue weighted by Crippen LogP contribution is -2.32. The highest BCUT2D eigenvalue weighted by atomic mass is 16.2. The maximum atomic E-state index is 12.0. The molecule has 3 aliphatic heterocycles. The van der Waals surface area contributed by atoms with Gasteiger partial charge in [0.15, 0.2) is 0 Å². The first kappa shape index (κ1) is 21.8. The summed E-state index contributed by atoms with van der Waals surface area (Å²) in [7, 11) is 1.92. The van der Waals surface area contributed by atoms with Crippen molar-refractivity contribution >= 4 is 23.3 Å². The molecule has 0 saturated carbocycles. The van der Waals surface area contributed by atoms with E-state index in [-0.39, 0.29) is 17.7 Å². The van der Waals surface area contributed by atoms with Crippen LogP contribution >= 0.6 is 0 Å². The van der Waals surface area contributed by atoms with E-state index in [1.165, 1.54) is 11.1 Å². The van der Waals surface area contributed by atoms with E-state index in [4.69, 9.17) is 9.97 Å². The summed E-state index contributed by atoms with van der Waals surface area (Å²) in [5.74, 6) is 2.33. The summed E-state index contributed by atoms with van der Waals surface area (Å²) in [6.45, 7) is 6.56. The van der Waals surface area contributed by atoms with Crippen LogP contribution in [0.1, 0.15) is 54.7 Å². The molecule has 2 aromatic rings. The predicted octanol–water partition coefficient (Wildman–Crippen LogP) is 2.54. The Kier molecular flexibility index (Phi) is 6.01. The van der Waals surface area contributed by atoms with Crippen molar-refractivity contribution in [1.82, 2.24) is 19.8 Å². The van der Waals surface area contributed by atoms with Gasteiger partial charge in [0, 0.05) is 83.3 Å². The van der Waals surface area contributed by atoms with E-state index in [2.05, 4.69) is 34.5 Å². The van der Waals surface area contributed by atoms with Crippen LogP contribution in [0.2, 0.25) is 0 Å². The van der Waals surface area contributed by atoms with Crippen LogP contribution in [0.4, 0.5) is 11.5 Å². The van der Waals surface area contributed by atoms with Crippen molar-refractivity contribution in [3.8, 4) is 0 Å². The molecular formula is C25H32N6O2. The monoisotopic (exact) mass is 448 g/mol. The Morgan fingerprint density at radius 1 is 1.12 bits per heavy atom. The second-order valence-corrected chi connectivity index (χ2v) is 9.33. The van der Waals surface area contributed by atoms with Crippen molar-refractivity contribution < 1.29 is 9.59 Å². The Hall–Kier alpha value is -3.00. The minimum absolute atomic E-state index is 0.125. The number of aromatic nitrogens is 2. The van der Waals surface area contributed by atoms with Gasteiger partial charge in [0.05, 0.1) is 5.69 Å². The zero-order chi connectivity index (χ0) is 22.9. The van der Waals surface area contributed by atoms with Gasteiger partial charge in [-0.25, -0.2) is 9.97 Å². The number of fused-ring (bicyclic) bond motifs is 1. The largest absolute Gasteiger partial charge is 0.373 e. The summed E-state index contributed by atoms with van der Waals surface area (Å²) < 4.78 is 0. The Balaban J connectivity index is 1.27. The number of benzene rings is 1. The summed E-state index contributed by atoms with van der Waals surface area (Å²) in [6, 6.07) is 8.40. The molecule has 8 nitrogen and oxygen atoms in total. The summed E-state index contributed by atoms with van der Waals surface area (Å²) in [6.07, 6.45) is 3.42. The van der Waals surface area contributed by atoms with Crippen LogP contribution in [-0.4, -0.2) is 64.8 Å². The number of carbonyl (C=O) groups excluding carboxylic acids is 2. The number of nitrogens with zero attached hydrogens (tertiary/aromatic N) is 5. The average molecular weight is 449 g/mol. The number of rotatable bonds is 5. The van der Waals surface area contributed by atoms with E-state index in [0.29, 0.717) is 13.0 Å². The molecule has 174 valence electrons. The minimum atomic E-state index is 0.125. The van der Waals surface area contributed by atoms with Crippen molar-refractivity contribution in [2.45, 2.75) is 51.6 Å². The smallest absolute Gasteiger partial charge is 0.227 e. The van der Waals surface area contributed by atoms with Crippen LogP contribution in [0.5, 0.6) is 0 Å². The van der Waals surface area contributed by atoms with Gasteiger partial charge < -0.3 is 15.1 Å². The number of likely N-dealkylation sites (tertiary alicyclic amines) is 1. The molecule has 0 radical (unpaired) electrons. The van der Waals surface area contributed by atoms with Crippen molar-refractivity contribution in [3.05, 3.63) is 46.9 Å². The molecule has 1 aromatic carbocycles. The molecule has 0 bridgehead atoms. The molecule has 2 fully saturated rings. The number of hydrogen-bond acceptors (Lipinski definition) is 6. The molecule has 1 atom stereocenters. The number of carbonyl (C=O) groups is 2. The molecule has 0 spiro atoms. The third-order valence-corrected chi connectivity index (χ3v) is 7.12. The van der Waals surface area contributed by atoms with Gasteiger partial charge in [-0.15, -0.1) is 0 Å². The van der Waals surface area contributed by atoms with Crippen LogP contribution < -0.4 is 10.2 Å². The summed E-state index contributed by atoms with van der Waals surface area (Å²) in [5, 5.41) is 3.28. The number of hydrogen-bond donors (Lipinski definition) is 1. The average Bonchev–Trinajstić information content (AvgIpc) is 3.48. The van der Waals surface area contributed by atoms with Crippen molar-refractivity contribution in [3.63, 3.8) is 0 Å². The minimum Gasteiger partial charge on any atom is -0.373 e. The molecule has 8 heteroatoms. The first-order valence-electron chi connectivity index (χ1n) is 12.0. The fourth-order valence-electron chi connectivity index (χ4n) is 5.23. The van der Waals surface area contributed by atoms with Crippen LogP contribution in [-0.2, 0) is 29.1 Å². The molecule has 1 N–H and O–H groups in total. The molecule has 2 amide bonds. The fraction of sp³-hybridized carbons (Fsp3) is 0.520. The molecule has 0 unspecified atom stereocenters. The fourth-order valence-corrected chi connectivity index (χ4v) is 5.23. The predicted molar refractivity (Wildman–Crippen MR) is 127 cm³/mol. The molecule has 5 rings (SSSR count). The SMILES string of the molecule is CNc1nc([C@H]2CCN(C(C)=O)C2)nc2c1CN(Cc1ccc(N3CCCC3=O)cc1)CC2. The van der Waals surface area contributed by atoms with Gasteiger partial charge in [0.2, 0.25) is 11.8 Å². The molecule has 2 saturated heterocycles. The van der Waals surface area contributed by atoms with E-state index in [1.807, 2.05) is 16.8 Å². The Morgan fingerprint density at radius 3 is 2.61 bits per heavy atom. The van der Waals surface area contributed by atoms with Gasteiger partial charge in [-0.05, 0) is 30.5 Å². The molecular weight excluding hydrogens is 416 g/mol. The first-order chi connectivity index (χ1) is 16.0. The third-order valence-electron chi connectivity index (χ3n) is 7.12. The van der Waals surface area contributed by atoms with Crippen LogP contribution in [0, 0.1) is 0 Å². The maximum Gasteiger partial charge on any atom is 0.227 e. The highest BCUT2D eigenvalue weighted by Crippen LogP contribution is 2.30. The molecule has 3 aliphatic rings. The lowest BCUT2D eigenvalue weighted by atomic mass is 10.0. The van der Waals surface area contributed by atoms with E-state index < -0.39 is 0 Å². The lowest BCUT2D eigenvalue weighted by molar-refractivity contribution is -0.127. The number of anilines is 2. The number of nitrogens with one attached hydrogen (secondary N) is 1. The maximum absolute atomic E-state index is 12.0. The first-order valence-corrected chi connectivity index (χ1v) is 12.0. The summed E-state index contributed by atoms with van der Waals surface area (Å²) in [5.41, 5.74) is 4.55. The van der Waals surface area contributed by atoms with Gasteiger partial charge >= 0.3 is 0 Å². The Bertz CT molecular complexity index is 1040. The third kappa shape index (κ3) is 4.44. The second kappa shape index (κ2) is 9.09. The standard InChI is InChI=1S/C25H32N6O2/c1-17(32)30-13-9-19(15-30)24-27-22-10-12-29(16-21(22)25(26-2)28-24)14-18-5-7-20(8-6-18)31-11-3-4-23(31)33/h5-8,19H,3-4,9-16H2,1-2H3,(H,26,27,28)/t19-/m0/s1. The molecule has 0 aliphatic carbocycles. The van der Waals surface area contributed by atoms with Crippen LogP contribution in [0.15, 0.2) is 24.3 Å². The van der Waals surface area contributed by atoms with Crippen molar-refractivity contribution in [1.29, 1.82) is 0 Å². The lowest BCUT2D eigenvalue weighted by Gasteiger charge is -2.30. The topological polar surface area (TPSA) is 81.7 Å². The quantitative estimate of drug-likeness (QED) is 0.757. The zero-order valence-electron chi connectivity index (χ0n) is 19.5. The normalized spacial score (nSPS) is 20.9.